The van der Waals surface area contributed by atoms with E-state index in [9.17, 15) is 40.7 Å². The van der Waals surface area contributed by atoms with Gasteiger partial charge in [0.2, 0.25) is 15.9 Å². The molecule has 246 valence electrons. The van der Waals surface area contributed by atoms with Crippen molar-refractivity contribution in [2.45, 2.75) is 96.0 Å². The van der Waals surface area contributed by atoms with E-state index in [1.807, 2.05) is 20.8 Å². The second kappa shape index (κ2) is 12.8. The van der Waals surface area contributed by atoms with E-state index in [2.05, 4.69) is 10.0 Å². The molecular weight excluding hydrogens is 620 g/mol. The Hall–Kier alpha value is -2.28. The topological polar surface area (TPSA) is 142 Å². The SMILES string of the molecule is CC(C)(C)C(OP(=O)(O)O)[C@@](NC(=O)C1CCC(NS(=O)(=O)c2ccc(C(F)(F)F)cc2)CC1)(c1ccccc1)C(C)(C)C. The minimum absolute atomic E-state index is 0.290. The first-order valence-corrected chi connectivity index (χ1v) is 17.3. The number of nitrogens with one attached hydrogen (secondary N) is 2. The second-order valence-corrected chi connectivity index (χ2v) is 16.4. The number of benzene rings is 2. The van der Waals surface area contributed by atoms with Gasteiger partial charge in [0.05, 0.1) is 16.0 Å². The molecule has 1 amide bonds. The van der Waals surface area contributed by atoms with Crippen LogP contribution < -0.4 is 10.0 Å². The van der Waals surface area contributed by atoms with Gasteiger partial charge in [0, 0.05) is 12.0 Å². The number of carbonyl (C=O) groups excluding carboxylic acids is 1. The van der Waals surface area contributed by atoms with E-state index in [1.54, 1.807) is 51.1 Å². The number of halogens is 3. The highest BCUT2D eigenvalue weighted by Gasteiger charge is 2.57. The van der Waals surface area contributed by atoms with Crippen LogP contribution in [0.4, 0.5) is 13.2 Å². The van der Waals surface area contributed by atoms with Gasteiger partial charge in [-0.3, -0.25) is 9.32 Å². The molecule has 44 heavy (non-hydrogen) atoms. The predicted octanol–water partition coefficient (Wildman–Crippen LogP) is 6.12. The first kappa shape index (κ1) is 36.2. The number of phosphoric acid groups is 1. The van der Waals surface area contributed by atoms with Gasteiger partial charge in [0.1, 0.15) is 6.10 Å². The number of alkyl halides is 3. The molecule has 0 radical (unpaired) electrons. The molecule has 0 saturated heterocycles. The van der Waals surface area contributed by atoms with E-state index in [-0.39, 0.29) is 10.8 Å². The van der Waals surface area contributed by atoms with Crippen molar-refractivity contribution >= 4 is 23.8 Å². The Morgan fingerprint density at radius 3 is 1.84 bits per heavy atom. The summed E-state index contributed by atoms with van der Waals surface area (Å²) in [5.41, 5.74) is -3.42. The van der Waals surface area contributed by atoms with Crippen LogP contribution >= 0.6 is 7.82 Å². The minimum atomic E-state index is -5.02. The third kappa shape index (κ3) is 8.50. The van der Waals surface area contributed by atoms with E-state index in [1.165, 1.54) is 0 Å². The lowest BCUT2D eigenvalue weighted by molar-refractivity contribution is -0.138. The monoisotopic (exact) mass is 662 g/mol. The number of carbonyl (C=O) groups is 1. The summed E-state index contributed by atoms with van der Waals surface area (Å²) in [5, 5.41) is 3.15. The number of sulfonamides is 1. The first-order valence-electron chi connectivity index (χ1n) is 14.3. The maximum atomic E-state index is 14.0. The maximum absolute atomic E-state index is 14.0. The fourth-order valence-corrected chi connectivity index (χ4v) is 7.96. The van der Waals surface area contributed by atoms with Crippen LogP contribution in [0.1, 0.15) is 78.4 Å². The Labute approximate surface area is 257 Å². The largest absolute Gasteiger partial charge is 0.469 e. The van der Waals surface area contributed by atoms with Crippen LogP contribution in [-0.2, 0) is 35.6 Å². The molecule has 0 spiro atoms. The molecule has 1 saturated carbocycles. The van der Waals surface area contributed by atoms with Crippen LogP contribution in [0, 0.1) is 16.7 Å². The van der Waals surface area contributed by atoms with E-state index in [4.69, 9.17) is 4.52 Å². The zero-order chi connectivity index (χ0) is 33.4. The first-order chi connectivity index (χ1) is 20.0. The highest BCUT2D eigenvalue weighted by molar-refractivity contribution is 7.89. The lowest BCUT2D eigenvalue weighted by atomic mass is 9.60. The lowest BCUT2D eigenvalue weighted by Gasteiger charge is -2.54. The van der Waals surface area contributed by atoms with Crippen molar-refractivity contribution in [3.63, 3.8) is 0 Å². The van der Waals surface area contributed by atoms with Gasteiger partial charge in [0.25, 0.3) is 0 Å². The number of hydrogen-bond donors (Lipinski definition) is 4. The quantitative estimate of drug-likeness (QED) is 0.237. The molecule has 3 rings (SSSR count). The molecule has 4 N–H and O–H groups in total. The second-order valence-electron chi connectivity index (χ2n) is 13.4. The molecule has 14 heteroatoms. The molecule has 2 aromatic rings. The molecule has 2 aromatic carbocycles. The molecule has 0 aliphatic heterocycles. The van der Waals surface area contributed by atoms with Crippen molar-refractivity contribution in [3.05, 3.63) is 65.7 Å². The van der Waals surface area contributed by atoms with E-state index in [0.29, 0.717) is 43.4 Å². The fraction of sp³-hybridized carbons (Fsp3) is 0.567. The smallest absolute Gasteiger partial charge is 0.343 e. The van der Waals surface area contributed by atoms with E-state index < -0.39 is 64.0 Å². The molecule has 1 fully saturated rings. The number of phosphoric ester groups is 1. The fourth-order valence-electron chi connectivity index (χ4n) is 5.91. The normalized spacial score (nSPS) is 20.9. The van der Waals surface area contributed by atoms with Gasteiger partial charge in [-0.25, -0.2) is 17.7 Å². The van der Waals surface area contributed by atoms with E-state index >= 15 is 0 Å². The number of hydrogen-bond acceptors (Lipinski definition) is 5. The minimum Gasteiger partial charge on any atom is -0.343 e. The van der Waals surface area contributed by atoms with Crippen LogP contribution in [0.15, 0.2) is 59.5 Å². The number of rotatable bonds is 9. The summed E-state index contributed by atoms with van der Waals surface area (Å²) < 4.78 is 84.7. The van der Waals surface area contributed by atoms with Crippen LogP contribution in [0.2, 0.25) is 0 Å². The van der Waals surface area contributed by atoms with Gasteiger partial charge in [-0.2, -0.15) is 13.2 Å². The Balaban J connectivity index is 1.85. The molecule has 0 bridgehead atoms. The van der Waals surface area contributed by atoms with Crippen molar-refractivity contribution in [2.24, 2.45) is 16.7 Å². The zero-order valence-corrected chi connectivity index (χ0v) is 27.4. The third-order valence-electron chi connectivity index (χ3n) is 8.07. The summed E-state index contributed by atoms with van der Waals surface area (Å²) in [6.07, 6.45) is -4.55. The highest BCUT2D eigenvalue weighted by atomic mass is 32.2. The lowest BCUT2D eigenvalue weighted by Crippen LogP contribution is -2.66. The molecule has 0 aromatic heterocycles. The average Bonchev–Trinajstić information content (AvgIpc) is 2.89. The van der Waals surface area contributed by atoms with Crippen molar-refractivity contribution in [3.8, 4) is 0 Å². The average molecular weight is 663 g/mol. The van der Waals surface area contributed by atoms with Crippen molar-refractivity contribution < 1.29 is 45.3 Å². The summed E-state index contributed by atoms with van der Waals surface area (Å²) in [6.45, 7) is 10.9. The van der Waals surface area contributed by atoms with Crippen LogP contribution in [0.5, 0.6) is 0 Å². The molecule has 1 aliphatic rings. The number of amides is 1. The molecular formula is C30H42F3N2O7PS. The summed E-state index contributed by atoms with van der Waals surface area (Å²) in [4.78, 5) is 33.5. The van der Waals surface area contributed by atoms with Gasteiger partial charge in [-0.1, -0.05) is 71.9 Å². The summed E-state index contributed by atoms with van der Waals surface area (Å²) in [5.74, 6) is -0.903. The van der Waals surface area contributed by atoms with Crippen molar-refractivity contribution in [1.82, 2.24) is 10.0 Å². The standard InChI is InChI=1S/C30H42F3N2O7PS/c1-27(2,3)26(42-43(37,38)39)29(28(4,5)6,21-10-8-7-9-11-21)34-25(36)20-12-16-23(17-13-20)35-44(40,41)24-18-14-22(15-19-24)30(31,32)33/h7-11,14-15,18-20,23,26,35H,12-13,16-17H2,1-6H3,(H,34,36)(H2,37,38,39)/t20?,23?,26?,29-/m0/s1. The van der Waals surface area contributed by atoms with Crippen LogP contribution in [0.3, 0.4) is 0 Å². The van der Waals surface area contributed by atoms with Gasteiger partial charge in [0.15, 0.2) is 0 Å². The van der Waals surface area contributed by atoms with Crippen molar-refractivity contribution in [2.75, 3.05) is 0 Å². The highest BCUT2D eigenvalue weighted by Crippen LogP contribution is 2.54. The molecule has 2 atom stereocenters. The Kier molecular flexibility index (Phi) is 10.6. The van der Waals surface area contributed by atoms with E-state index in [0.717, 1.165) is 12.1 Å². The van der Waals surface area contributed by atoms with Gasteiger partial charge < -0.3 is 15.1 Å². The Bertz CT molecular complexity index is 1440. The van der Waals surface area contributed by atoms with Crippen molar-refractivity contribution in [1.29, 1.82) is 0 Å². The molecule has 9 nitrogen and oxygen atoms in total. The van der Waals surface area contributed by atoms with Crippen LogP contribution in [-0.4, -0.2) is 36.3 Å². The third-order valence-corrected chi connectivity index (χ3v) is 10.1. The van der Waals surface area contributed by atoms with Crippen LogP contribution in [0.25, 0.3) is 0 Å². The van der Waals surface area contributed by atoms with Gasteiger partial charge in [-0.15, -0.1) is 0 Å². The Morgan fingerprint density at radius 1 is 0.886 bits per heavy atom. The predicted molar refractivity (Wildman–Crippen MR) is 160 cm³/mol. The van der Waals surface area contributed by atoms with Gasteiger partial charge in [-0.05, 0) is 66.3 Å². The Morgan fingerprint density at radius 2 is 1.41 bits per heavy atom. The molecule has 1 aliphatic carbocycles. The molecule has 0 heterocycles. The summed E-state index contributed by atoms with van der Waals surface area (Å²) in [6, 6.07) is 11.6. The summed E-state index contributed by atoms with van der Waals surface area (Å²) in [7, 11) is -9.11. The zero-order valence-electron chi connectivity index (χ0n) is 25.7. The maximum Gasteiger partial charge on any atom is 0.469 e. The molecule has 1 unspecified atom stereocenters. The summed E-state index contributed by atoms with van der Waals surface area (Å²) >= 11 is 0. The van der Waals surface area contributed by atoms with Gasteiger partial charge >= 0.3 is 14.0 Å².